The molecular formula is C5H8N2O. The summed E-state index contributed by atoms with van der Waals surface area (Å²) in [7, 11) is 0. The number of carbonyl (C=O) groups excluding carboxylic acids is 1. The molecule has 0 saturated carbocycles. The fraction of sp³-hybridized carbons (Fsp3) is 0.600. The normalized spacial score (nSPS) is 27.5. The van der Waals surface area contributed by atoms with E-state index < -0.39 is 0 Å². The Morgan fingerprint density at radius 3 is 2.88 bits per heavy atom. The average molecular weight is 112 g/mol. The van der Waals surface area contributed by atoms with Crippen LogP contribution in [0.4, 0.5) is 0 Å². The molecule has 0 aromatic carbocycles. The Morgan fingerprint density at radius 1 is 1.88 bits per heavy atom. The van der Waals surface area contributed by atoms with Crippen LogP contribution in [0.3, 0.4) is 0 Å². The van der Waals surface area contributed by atoms with Gasteiger partial charge in [0.2, 0.25) is 5.91 Å². The standard InChI is InChI=1S/C5H8N2O/c6-3-4-1-2-7-5(4)8/h3-4,6H,1-2H2,(H,7,8)/t4-/m0/s1. The van der Waals surface area contributed by atoms with Crippen LogP contribution in [-0.2, 0) is 4.79 Å². The molecule has 44 valence electrons. The van der Waals surface area contributed by atoms with Gasteiger partial charge in [-0.2, -0.15) is 0 Å². The number of amides is 1. The van der Waals surface area contributed by atoms with Crippen molar-refractivity contribution in [1.82, 2.24) is 5.32 Å². The fourth-order valence-electron chi connectivity index (χ4n) is 0.772. The molecule has 1 amide bonds. The Labute approximate surface area is 47.6 Å². The van der Waals surface area contributed by atoms with Crippen LogP contribution < -0.4 is 5.32 Å². The molecule has 0 aromatic rings. The van der Waals surface area contributed by atoms with Crippen molar-refractivity contribution in [3.8, 4) is 0 Å². The molecule has 0 radical (unpaired) electrons. The van der Waals surface area contributed by atoms with Crippen molar-refractivity contribution in [2.24, 2.45) is 5.92 Å². The molecule has 1 aliphatic rings. The van der Waals surface area contributed by atoms with E-state index in [0.717, 1.165) is 13.0 Å². The zero-order valence-electron chi connectivity index (χ0n) is 4.48. The maximum atomic E-state index is 10.5. The molecule has 8 heavy (non-hydrogen) atoms. The van der Waals surface area contributed by atoms with Crippen LogP contribution in [0.2, 0.25) is 0 Å². The summed E-state index contributed by atoms with van der Waals surface area (Å²) in [6, 6.07) is 0. The number of hydrogen-bond acceptors (Lipinski definition) is 2. The monoisotopic (exact) mass is 112 g/mol. The van der Waals surface area contributed by atoms with E-state index in [2.05, 4.69) is 5.32 Å². The van der Waals surface area contributed by atoms with E-state index in [4.69, 9.17) is 5.41 Å². The van der Waals surface area contributed by atoms with E-state index in [1.165, 1.54) is 6.21 Å². The van der Waals surface area contributed by atoms with Crippen LogP contribution in [0.5, 0.6) is 0 Å². The molecule has 3 heteroatoms. The van der Waals surface area contributed by atoms with Gasteiger partial charge in [0.1, 0.15) is 0 Å². The summed E-state index contributed by atoms with van der Waals surface area (Å²) in [5, 5.41) is 9.37. The lowest BCUT2D eigenvalue weighted by Gasteiger charge is -1.91. The van der Waals surface area contributed by atoms with Crippen LogP contribution >= 0.6 is 0 Å². The molecule has 2 N–H and O–H groups in total. The van der Waals surface area contributed by atoms with E-state index in [1.54, 1.807) is 0 Å². The molecule has 1 fully saturated rings. The summed E-state index contributed by atoms with van der Waals surface area (Å²) in [6.45, 7) is 0.735. The summed E-state index contributed by atoms with van der Waals surface area (Å²) in [6.07, 6.45) is 1.99. The zero-order chi connectivity index (χ0) is 5.98. The topological polar surface area (TPSA) is 53.0 Å². The van der Waals surface area contributed by atoms with E-state index in [1.807, 2.05) is 0 Å². The number of carbonyl (C=O) groups is 1. The summed E-state index contributed by atoms with van der Waals surface area (Å²) in [5.74, 6) is -0.144. The predicted octanol–water partition coefficient (Wildman–Crippen LogP) is -0.228. The van der Waals surface area contributed by atoms with Gasteiger partial charge in [0, 0.05) is 12.8 Å². The molecule has 1 aliphatic heterocycles. The van der Waals surface area contributed by atoms with Crippen LogP contribution in [0.25, 0.3) is 0 Å². The summed E-state index contributed by atoms with van der Waals surface area (Å²) >= 11 is 0. The van der Waals surface area contributed by atoms with Crippen molar-refractivity contribution in [3.63, 3.8) is 0 Å². The van der Waals surface area contributed by atoms with Gasteiger partial charge < -0.3 is 10.7 Å². The van der Waals surface area contributed by atoms with Crippen molar-refractivity contribution in [3.05, 3.63) is 0 Å². The quantitative estimate of drug-likeness (QED) is 0.452. The summed E-state index contributed by atoms with van der Waals surface area (Å²) < 4.78 is 0. The zero-order valence-corrected chi connectivity index (χ0v) is 4.48. The van der Waals surface area contributed by atoms with Gasteiger partial charge in [-0.3, -0.25) is 4.79 Å². The third-order valence-electron chi connectivity index (χ3n) is 1.29. The summed E-state index contributed by atoms with van der Waals surface area (Å²) in [5.41, 5.74) is 0. The minimum Gasteiger partial charge on any atom is -0.356 e. The molecule has 1 rings (SSSR count). The van der Waals surface area contributed by atoms with Gasteiger partial charge in [0.25, 0.3) is 0 Å². The Bertz CT molecular complexity index is 122. The Balaban J connectivity index is 2.54. The lowest BCUT2D eigenvalue weighted by Crippen LogP contribution is -2.19. The molecule has 3 nitrogen and oxygen atoms in total. The second kappa shape index (κ2) is 1.94. The second-order valence-electron chi connectivity index (χ2n) is 1.85. The highest BCUT2D eigenvalue weighted by molar-refractivity contribution is 5.93. The average Bonchev–Trinajstić information content (AvgIpc) is 2.14. The minimum absolute atomic E-state index is 0.000000000000000222. The first-order valence-corrected chi connectivity index (χ1v) is 2.63. The third-order valence-corrected chi connectivity index (χ3v) is 1.29. The van der Waals surface area contributed by atoms with Gasteiger partial charge in [-0.1, -0.05) is 0 Å². The molecule has 0 bridgehead atoms. The first-order valence-electron chi connectivity index (χ1n) is 2.63. The van der Waals surface area contributed by atoms with Crippen molar-refractivity contribution in [2.75, 3.05) is 6.54 Å². The molecule has 0 aliphatic carbocycles. The molecule has 1 atom stereocenters. The van der Waals surface area contributed by atoms with E-state index >= 15 is 0 Å². The Morgan fingerprint density at radius 2 is 2.62 bits per heavy atom. The van der Waals surface area contributed by atoms with Gasteiger partial charge in [-0.05, 0) is 6.42 Å². The van der Waals surface area contributed by atoms with Crippen LogP contribution in [-0.4, -0.2) is 18.7 Å². The third kappa shape index (κ3) is 0.710. The predicted molar refractivity (Wildman–Crippen MR) is 29.9 cm³/mol. The highest BCUT2D eigenvalue weighted by Gasteiger charge is 2.20. The van der Waals surface area contributed by atoms with E-state index in [0.29, 0.717) is 0 Å². The molecule has 1 saturated heterocycles. The van der Waals surface area contributed by atoms with Gasteiger partial charge in [0.15, 0.2) is 0 Å². The first-order chi connectivity index (χ1) is 3.84. The first kappa shape index (κ1) is 5.28. The largest absolute Gasteiger partial charge is 0.356 e. The van der Waals surface area contributed by atoms with Gasteiger partial charge in [-0.25, -0.2) is 0 Å². The minimum atomic E-state index is -0.144. The fourth-order valence-corrected chi connectivity index (χ4v) is 0.772. The Hall–Kier alpha value is -0.860. The molecule has 0 spiro atoms. The lowest BCUT2D eigenvalue weighted by molar-refractivity contribution is -0.120. The maximum absolute atomic E-state index is 10.5. The highest BCUT2D eigenvalue weighted by Crippen LogP contribution is 2.04. The molecular weight excluding hydrogens is 104 g/mol. The molecule has 0 aromatic heterocycles. The van der Waals surface area contributed by atoms with Gasteiger partial charge in [0.05, 0.1) is 5.92 Å². The van der Waals surface area contributed by atoms with Crippen LogP contribution in [0, 0.1) is 11.3 Å². The number of nitrogens with one attached hydrogen (secondary N) is 2. The van der Waals surface area contributed by atoms with Crippen molar-refractivity contribution >= 4 is 12.1 Å². The Kier molecular flexibility index (Phi) is 1.28. The van der Waals surface area contributed by atoms with Crippen LogP contribution in [0.1, 0.15) is 6.42 Å². The SMILES string of the molecule is N=C[C@@H]1CCNC1=O. The summed E-state index contributed by atoms with van der Waals surface area (Å²) in [4.78, 5) is 10.5. The molecule has 1 heterocycles. The second-order valence-corrected chi connectivity index (χ2v) is 1.85. The highest BCUT2D eigenvalue weighted by atomic mass is 16.2. The van der Waals surface area contributed by atoms with Crippen molar-refractivity contribution in [1.29, 1.82) is 5.41 Å². The van der Waals surface area contributed by atoms with Gasteiger partial charge in [-0.15, -0.1) is 0 Å². The number of hydrogen-bond donors (Lipinski definition) is 2. The van der Waals surface area contributed by atoms with Crippen molar-refractivity contribution < 1.29 is 4.79 Å². The van der Waals surface area contributed by atoms with Crippen molar-refractivity contribution in [2.45, 2.75) is 6.42 Å². The van der Waals surface area contributed by atoms with Crippen LogP contribution in [0.15, 0.2) is 0 Å². The maximum Gasteiger partial charge on any atom is 0.228 e. The smallest absolute Gasteiger partial charge is 0.228 e. The van der Waals surface area contributed by atoms with E-state index in [9.17, 15) is 4.79 Å². The lowest BCUT2D eigenvalue weighted by atomic mass is 10.1. The van der Waals surface area contributed by atoms with E-state index in [-0.39, 0.29) is 11.8 Å². The number of rotatable bonds is 1. The van der Waals surface area contributed by atoms with Gasteiger partial charge >= 0.3 is 0 Å². The molecule has 0 unspecified atom stereocenters.